The minimum atomic E-state index is -0.0786. The number of H-pyrrole nitrogens is 1. The third-order valence-electron chi connectivity index (χ3n) is 4.60. The molecule has 1 saturated heterocycles. The maximum Gasteiger partial charge on any atom is 0.323 e. The number of ether oxygens (including phenoxy) is 1. The number of fused-ring (bicyclic) bond motifs is 1. The second-order valence-corrected chi connectivity index (χ2v) is 6.19. The molecule has 4 rings (SSSR count). The monoisotopic (exact) mass is 336 g/mol. The Hall–Kier alpha value is -3.02. The van der Waals surface area contributed by atoms with E-state index in [2.05, 4.69) is 15.5 Å². The Balaban J connectivity index is 1.58. The second kappa shape index (κ2) is 6.47. The lowest BCUT2D eigenvalue weighted by Gasteiger charge is -2.14. The molecule has 2 N–H and O–H groups in total. The lowest BCUT2D eigenvalue weighted by Crippen LogP contribution is -2.32. The number of nitrogens with zero attached hydrogens (tertiary/aromatic N) is 2. The van der Waals surface area contributed by atoms with E-state index >= 15 is 0 Å². The second-order valence-electron chi connectivity index (χ2n) is 6.19. The van der Waals surface area contributed by atoms with Crippen molar-refractivity contribution in [2.24, 2.45) is 0 Å². The Kier molecular flexibility index (Phi) is 4.01. The minimum absolute atomic E-state index is 0.0786. The number of aromatic nitrogens is 2. The van der Waals surface area contributed by atoms with Gasteiger partial charge in [-0.3, -0.25) is 10.4 Å². The first-order valence-corrected chi connectivity index (χ1v) is 8.43. The fraction of sp³-hybridized carbons (Fsp3) is 0.263. The van der Waals surface area contributed by atoms with Crippen molar-refractivity contribution in [3.05, 3.63) is 42.5 Å². The number of hydrogen-bond acceptors (Lipinski definition) is 3. The normalized spacial score (nSPS) is 14.0. The largest absolute Gasteiger partial charge is 0.497 e. The molecule has 1 aliphatic heterocycles. The van der Waals surface area contributed by atoms with Gasteiger partial charge in [-0.1, -0.05) is 18.2 Å². The fourth-order valence-corrected chi connectivity index (χ4v) is 3.18. The van der Waals surface area contributed by atoms with Crippen molar-refractivity contribution in [1.82, 2.24) is 15.1 Å². The molecule has 2 aromatic carbocycles. The van der Waals surface area contributed by atoms with Gasteiger partial charge in [-0.25, -0.2) is 4.79 Å². The van der Waals surface area contributed by atoms with Crippen molar-refractivity contribution >= 4 is 22.8 Å². The van der Waals surface area contributed by atoms with Gasteiger partial charge in [0.15, 0.2) is 5.82 Å². The van der Waals surface area contributed by atoms with Crippen LogP contribution in [0.4, 0.5) is 10.6 Å². The lowest BCUT2D eigenvalue weighted by molar-refractivity contribution is 0.222. The number of carbonyl (C=O) groups is 1. The van der Waals surface area contributed by atoms with Crippen molar-refractivity contribution < 1.29 is 9.53 Å². The van der Waals surface area contributed by atoms with Crippen LogP contribution in [0.15, 0.2) is 42.5 Å². The number of rotatable bonds is 3. The molecular weight excluding hydrogens is 316 g/mol. The number of nitrogens with one attached hydrogen (secondary N) is 2. The van der Waals surface area contributed by atoms with Crippen LogP contribution in [0.2, 0.25) is 0 Å². The molecule has 2 heterocycles. The summed E-state index contributed by atoms with van der Waals surface area (Å²) in [5.74, 6) is 1.41. The van der Waals surface area contributed by atoms with Crippen molar-refractivity contribution in [3.63, 3.8) is 0 Å². The minimum Gasteiger partial charge on any atom is -0.497 e. The molecule has 3 aromatic rings. The zero-order valence-electron chi connectivity index (χ0n) is 14.1. The Morgan fingerprint density at radius 2 is 1.84 bits per heavy atom. The molecule has 0 bridgehead atoms. The van der Waals surface area contributed by atoms with E-state index < -0.39 is 0 Å². The third kappa shape index (κ3) is 3.03. The van der Waals surface area contributed by atoms with Crippen LogP contribution < -0.4 is 10.1 Å². The Bertz CT molecular complexity index is 895. The highest BCUT2D eigenvalue weighted by atomic mass is 16.5. The zero-order valence-corrected chi connectivity index (χ0v) is 14.1. The average Bonchev–Trinajstić information content (AvgIpc) is 3.32. The first-order valence-electron chi connectivity index (χ1n) is 8.43. The summed E-state index contributed by atoms with van der Waals surface area (Å²) < 4.78 is 5.20. The van der Waals surface area contributed by atoms with Crippen molar-refractivity contribution in [2.45, 2.75) is 12.8 Å². The number of aromatic amines is 1. The molecule has 1 fully saturated rings. The van der Waals surface area contributed by atoms with Crippen LogP contribution in [-0.2, 0) is 0 Å². The maximum atomic E-state index is 12.3. The first kappa shape index (κ1) is 15.5. The summed E-state index contributed by atoms with van der Waals surface area (Å²) in [6.07, 6.45) is 2.14. The number of amides is 2. The molecule has 1 aliphatic rings. The molecule has 0 aliphatic carbocycles. The molecular formula is C19H20N4O2. The van der Waals surface area contributed by atoms with Gasteiger partial charge in [0.25, 0.3) is 0 Å². The van der Waals surface area contributed by atoms with Crippen LogP contribution in [-0.4, -0.2) is 41.3 Å². The molecule has 6 heteroatoms. The molecule has 2 amide bonds. The number of likely N-dealkylation sites (tertiary alicyclic amines) is 1. The Labute approximate surface area is 145 Å². The van der Waals surface area contributed by atoms with E-state index in [4.69, 9.17) is 4.74 Å². The third-order valence-corrected chi connectivity index (χ3v) is 4.60. The topological polar surface area (TPSA) is 70.2 Å². The van der Waals surface area contributed by atoms with Gasteiger partial charge in [0.2, 0.25) is 0 Å². The van der Waals surface area contributed by atoms with E-state index in [1.54, 1.807) is 7.11 Å². The fourth-order valence-electron chi connectivity index (χ4n) is 3.18. The van der Waals surface area contributed by atoms with Gasteiger partial charge in [0, 0.05) is 18.5 Å². The summed E-state index contributed by atoms with van der Waals surface area (Å²) in [5, 5.41) is 11.1. The Morgan fingerprint density at radius 3 is 2.56 bits per heavy atom. The van der Waals surface area contributed by atoms with E-state index in [1.807, 2.05) is 47.4 Å². The van der Waals surface area contributed by atoms with Crippen LogP contribution >= 0.6 is 0 Å². The van der Waals surface area contributed by atoms with Crippen molar-refractivity contribution in [2.75, 3.05) is 25.5 Å². The number of urea groups is 1. The number of anilines is 1. The van der Waals surface area contributed by atoms with Crippen molar-refractivity contribution in [3.8, 4) is 16.9 Å². The summed E-state index contributed by atoms with van der Waals surface area (Å²) in [5.41, 5.74) is 3.07. The van der Waals surface area contributed by atoms with E-state index in [0.717, 1.165) is 53.7 Å². The SMILES string of the molecule is COc1ccc(-c2ccc3c(NC(=O)N4CCCC4)n[nH]c3c2)cc1. The van der Waals surface area contributed by atoms with E-state index in [0.29, 0.717) is 5.82 Å². The molecule has 0 saturated carbocycles. The molecule has 0 spiro atoms. The highest BCUT2D eigenvalue weighted by Crippen LogP contribution is 2.28. The number of hydrogen-bond donors (Lipinski definition) is 2. The summed E-state index contributed by atoms with van der Waals surface area (Å²) >= 11 is 0. The predicted octanol–water partition coefficient (Wildman–Crippen LogP) is 3.87. The van der Waals surface area contributed by atoms with Gasteiger partial charge in [0.1, 0.15) is 5.75 Å². The molecule has 25 heavy (non-hydrogen) atoms. The first-order chi connectivity index (χ1) is 12.2. The number of benzene rings is 2. The van der Waals surface area contributed by atoms with Crippen LogP contribution in [0.1, 0.15) is 12.8 Å². The summed E-state index contributed by atoms with van der Waals surface area (Å²) in [7, 11) is 1.66. The summed E-state index contributed by atoms with van der Waals surface area (Å²) in [6.45, 7) is 1.63. The highest BCUT2D eigenvalue weighted by Gasteiger charge is 2.19. The average molecular weight is 336 g/mol. The smallest absolute Gasteiger partial charge is 0.323 e. The summed E-state index contributed by atoms with van der Waals surface area (Å²) in [4.78, 5) is 14.1. The van der Waals surface area contributed by atoms with Crippen LogP contribution in [0.3, 0.4) is 0 Å². The highest BCUT2D eigenvalue weighted by molar-refractivity contribution is 6.00. The van der Waals surface area contributed by atoms with E-state index in [9.17, 15) is 4.79 Å². The molecule has 0 radical (unpaired) electrons. The van der Waals surface area contributed by atoms with E-state index in [-0.39, 0.29) is 6.03 Å². The van der Waals surface area contributed by atoms with Gasteiger partial charge < -0.3 is 9.64 Å². The van der Waals surface area contributed by atoms with Gasteiger partial charge in [-0.05, 0) is 48.2 Å². The van der Waals surface area contributed by atoms with Gasteiger partial charge in [-0.15, -0.1) is 0 Å². The van der Waals surface area contributed by atoms with Crippen molar-refractivity contribution in [1.29, 1.82) is 0 Å². The molecule has 0 unspecified atom stereocenters. The van der Waals surface area contributed by atoms with Gasteiger partial charge in [0.05, 0.1) is 12.6 Å². The number of carbonyl (C=O) groups excluding carboxylic acids is 1. The molecule has 6 nitrogen and oxygen atoms in total. The quantitative estimate of drug-likeness (QED) is 0.763. The Morgan fingerprint density at radius 1 is 1.12 bits per heavy atom. The number of methoxy groups -OCH3 is 1. The van der Waals surface area contributed by atoms with E-state index in [1.165, 1.54) is 0 Å². The standard InChI is InChI=1S/C19H20N4O2/c1-25-15-7-4-13(5-8-15)14-6-9-16-17(12-14)21-22-18(16)20-19(24)23-10-2-3-11-23/h4-9,12H,2-3,10-11H2,1H3,(H2,20,21,22,24). The lowest BCUT2D eigenvalue weighted by atomic mass is 10.0. The zero-order chi connectivity index (χ0) is 17.2. The van der Waals surface area contributed by atoms with Crippen LogP contribution in [0.5, 0.6) is 5.75 Å². The maximum absolute atomic E-state index is 12.3. The van der Waals surface area contributed by atoms with Crippen LogP contribution in [0, 0.1) is 0 Å². The molecule has 1 aromatic heterocycles. The van der Waals surface area contributed by atoms with Gasteiger partial charge >= 0.3 is 6.03 Å². The molecule has 128 valence electrons. The van der Waals surface area contributed by atoms with Crippen LogP contribution in [0.25, 0.3) is 22.0 Å². The molecule has 0 atom stereocenters. The predicted molar refractivity (Wildman–Crippen MR) is 97.9 cm³/mol. The van der Waals surface area contributed by atoms with Gasteiger partial charge in [-0.2, -0.15) is 5.10 Å². The summed E-state index contributed by atoms with van der Waals surface area (Å²) in [6, 6.07) is 13.9.